The Balaban J connectivity index is 1.92. The van der Waals surface area contributed by atoms with E-state index in [0.29, 0.717) is 18.5 Å². The van der Waals surface area contributed by atoms with Gasteiger partial charge in [-0.15, -0.1) is 0 Å². The number of primary amides is 1. The van der Waals surface area contributed by atoms with Crippen molar-refractivity contribution in [1.29, 1.82) is 0 Å². The van der Waals surface area contributed by atoms with Crippen LogP contribution in [-0.4, -0.2) is 35.4 Å². The predicted octanol–water partition coefficient (Wildman–Crippen LogP) is 0.988. The summed E-state index contributed by atoms with van der Waals surface area (Å²) in [5.74, 6) is -0.380. The van der Waals surface area contributed by atoms with Crippen LogP contribution in [0.4, 0.5) is 23.1 Å². The maximum Gasteiger partial charge on any atom is 0.280 e. The van der Waals surface area contributed by atoms with Crippen LogP contribution in [0.25, 0.3) is 0 Å². The second-order valence-electron chi connectivity index (χ2n) is 4.75. The number of hydrogen-bond acceptors (Lipinski definition) is 7. The van der Waals surface area contributed by atoms with Crippen molar-refractivity contribution in [1.82, 2.24) is 9.97 Å². The van der Waals surface area contributed by atoms with E-state index in [1.54, 1.807) is 30.5 Å². The lowest BCUT2D eigenvalue weighted by Gasteiger charge is -2.05. The Labute approximate surface area is 137 Å². The normalized spacial score (nSPS) is 10.7. The third kappa shape index (κ3) is 4.26. The second kappa shape index (κ2) is 7.68. The molecule has 9 heteroatoms. The number of H-pyrrole nitrogens is 1. The molecule has 9 nitrogen and oxygen atoms in total. The fourth-order valence-electron chi connectivity index (χ4n) is 1.89. The summed E-state index contributed by atoms with van der Waals surface area (Å²) in [5, 5.41) is 3.16. The summed E-state index contributed by atoms with van der Waals surface area (Å²) in [6.45, 7) is 3.91. The Morgan fingerprint density at radius 3 is 2.71 bits per heavy atom. The molecular weight excluding hydrogens is 310 g/mol. The summed E-state index contributed by atoms with van der Waals surface area (Å²) in [6, 6.07) is 6.80. The molecular formula is C15H17N7O2. The van der Waals surface area contributed by atoms with E-state index in [2.05, 4.69) is 32.0 Å². The van der Waals surface area contributed by atoms with E-state index in [9.17, 15) is 9.59 Å². The summed E-state index contributed by atoms with van der Waals surface area (Å²) < 4.78 is 0. The maximum atomic E-state index is 11.6. The van der Waals surface area contributed by atoms with Crippen LogP contribution >= 0.6 is 0 Å². The third-order valence-electron chi connectivity index (χ3n) is 3.04. The highest BCUT2D eigenvalue weighted by molar-refractivity contribution is 5.93. The number of aromatic nitrogens is 2. The van der Waals surface area contributed by atoms with E-state index in [1.165, 1.54) is 0 Å². The van der Waals surface area contributed by atoms with Crippen molar-refractivity contribution in [2.24, 2.45) is 15.7 Å². The Morgan fingerprint density at radius 2 is 2.08 bits per heavy atom. The topological polar surface area (TPSA) is 152 Å². The van der Waals surface area contributed by atoms with Crippen molar-refractivity contribution in [2.45, 2.75) is 6.42 Å². The monoisotopic (exact) mass is 327 g/mol. The zero-order chi connectivity index (χ0) is 17.5. The molecule has 1 aromatic heterocycles. The van der Waals surface area contributed by atoms with E-state index in [1.807, 2.05) is 0 Å². The standard InChI is InChI=1S/C15H17N7O2/c1-18-11-13(21-15(17)22-14(11)24)20-8-2-7-19-10-5-3-9(4-6-10)12(16)23/h3-6,8,19H,1-2,7H2,(H2,16,23)(H3,17,21,22,24)/b20-8-. The average molecular weight is 327 g/mol. The second-order valence-corrected chi connectivity index (χ2v) is 4.75. The molecule has 0 saturated heterocycles. The van der Waals surface area contributed by atoms with Gasteiger partial charge in [-0.25, -0.2) is 4.99 Å². The van der Waals surface area contributed by atoms with Crippen LogP contribution in [0.5, 0.6) is 0 Å². The van der Waals surface area contributed by atoms with Gasteiger partial charge in [-0.3, -0.25) is 19.6 Å². The number of rotatable bonds is 7. The van der Waals surface area contributed by atoms with Crippen molar-refractivity contribution in [3.05, 3.63) is 40.2 Å². The molecule has 0 unspecified atom stereocenters. The number of amides is 1. The molecule has 0 radical (unpaired) electrons. The number of benzene rings is 1. The molecule has 6 N–H and O–H groups in total. The zero-order valence-corrected chi connectivity index (χ0v) is 12.8. The summed E-state index contributed by atoms with van der Waals surface area (Å²) in [5.41, 5.74) is 11.5. The first-order chi connectivity index (χ1) is 11.5. The number of hydrogen-bond donors (Lipinski definition) is 4. The van der Waals surface area contributed by atoms with Gasteiger partial charge in [0.1, 0.15) is 0 Å². The number of aromatic amines is 1. The number of nitrogens with one attached hydrogen (secondary N) is 2. The molecule has 0 bridgehead atoms. The lowest BCUT2D eigenvalue weighted by atomic mass is 10.2. The average Bonchev–Trinajstić information content (AvgIpc) is 2.54. The largest absolute Gasteiger partial charge is 0.385 e. The van der Waals surface area contributed by atoms with Gasteiger partial charge in [0.25, 0.3) is 5.56 Å². The van der Waals surface area contributed by atoms with Crippen LogP contribution in [0.3, 0.4) is 0 Å². The van der Waals surface area contributed by atoms with Crippen molar-refractivity contribution in [2.75, 3.05) is 17.6 Å². The van der Waals surface area contributed by atoms with Crippen LogP contribution in [0.15, 0.2) is 39.0 Å². The van der Waals surface area contributed by atoms with Gasteiger partial charge in [0, 0.05) is 30.4 Å². The highest BCUT2D eigenvalue weighted by Crippen LogP contribution is 2.19. The highest BCUT2D eigenvalue weighted by Gasteiger charge is 2.06. The van der Waals surface area contributed by atoms with Crippen LogP contribution in [0, 0.1) is 0 Å². The van der Waals surface area contributed by atoms with Crippen molar-refractivity contribution >= 4 is 42.0 Å². The molecule has 2 rings (SSSR count). The number of nitrogens with zero attached hydrogens (tertiary/aromatic N) is 3. The number of aliphatic imine (C=N–C) groups is 2. The van der Waals surface area contributed by atoms with E-state index >= 15 is 0 Å². The molecule has 1 heterocycles. The number of carbonyl (C=O) groups is 1. The summed E-state index contributed by atoms with van der Waals surface area (Å²) in [6.07, 6.45) is 2.17. The van der Waals surface area contributed by atoms with E-state index in [0.717, 1.165) is 5.69 Å². The van der Waals surface area contributed by atoms with Gasteiger partial charge in [0.05, 0.1) is 0 Å². The van der Waals surface area contributed by atoms with Gasteiger partial charge in [0.2, 0.25) is 11.9 Å². The van der Waals surface area contributed by atoms with E-state index < -0.39 is 11.5 Å². The minimum absolute atomic E-state index is 0.0236. The molecule has 0 saturated carbocycles. The molecule has 24 heavy (non-hydrogen) atoms. The molecule has 124 valence electrons. The lowest BCUT2D eigenvalue weighted by Crippen LogP contribution is -2.11. The van der Waals surface area contributed by atoms with Crippen molar-refractivity contribution in [3.63, 3.8) is 0 Å². The maximum absolute atomic E-state index is 11.6. The number of anilines is 2. The fraction of sp³-hybridized carbons (Fsp3) is 0.133. The Bertz CT molecular complexity index is 825. The minimum atomic E-state index is -0.489. The first-order valence-electron chi connectivity index (χ1n) is 7.04. The lowest BCUT2D eigenvalue weighted by molar-refractivity contribution is 0.100. The van der Waals surface area contributed by atoms with Crippen LogP contribution in [-0.2, 0) is 0 Å². The van der Waals surface area contributed by atoms with Crippen LogP contribution in [0.1, 0.15) is 16.8 Å². The van der Waals surface area contributed by atoms with Gasteiger partial charge in [-0.1, -0.05) is 0 Å². The van der Waals surface area contributed by atoms with Gasteiger partial charge < -0.3 is 16.8 Å². The van der Waals surface area contributed by atoms with Gasteiger partial charge in [-0.2, -0.15) is 4.98 Å². The molecule has 0 aliphatic rings. The minimum Gasteiger partial charge on any atom is -0.385 e. The zero-order valence-electron chi connectivity index (χ0n) is 12.8. The Morgan fingerprint density at radius 1 is 1.38 bits per heavy atom. The van der Waals surface area contributed by atoms with Crippen LogP contribution < -0.4 is 22.3 Å². The van der Waals surface area contributed by atoms with Crippen LogP contribution in [0.2, 0.25) is 0 Å². The van der Waals surface area contributed by atoms with Crippen molar-refractivity contribution in [3.8, 4) is 0 Å². The van der Waals surface area contributed by atoms with Crippen molar-refractivity contribution < 1.29 is 4.79 Å². The number of nitrogen functional groups attached to an aromatic ring is 1. The summed E-state index contributed by atoms with van der Waals surface area (Å²) >= 11 is 0. The molecule has 0 aliphatic carbocycles. The first kappa shape index (κ1) is 16.9. The fourth-order valence-corrected chi connectivity index (χ4v) is 1.89. The predicted molar refractivity (Wildman–Crippen MR) is 94.7 cm³/mol. The van der Waals surface area contributed by atoms with E-state index in [4.69, 9.17) is 11.5 Å². The van der Waals surface area contributed by atoms with Gasteiger partial charge >= 0.3 is 0 Å². The number of nitrogens with two attached hydrogens (primary N) is 2. The molecule has 1 amide bonds. The van der Waals surface area contributed by atoms with Gasteiger partial charge in [0.15, 0.2) is 11.5 Å². The smallest absolute Gasteiger partial charge is 0.280 e. The molecule has 1 aromatic carbocycles. The highest BCUT2D eigenvalue weighted by atomic mass is 16.1. The van der Waals surface area contributed by atoms with Gasteiger partial charge in [-0.05, 0) is 31.0 Å². The molecule has 0 spiro atoms. The Hall–Kier alpha value is -3.49. The van der Waals surface area contributed by atoms with E-state index in [-0.39, 0.29) is 17.5 Å². The molecule has 2 aromatic rings. The molecule has 0 fully saturated rings. The summed E-state index contributed by atoms with van der Waals surface area (Å²) in [7, 11) is 0. The molecule has 0 atom stereocenters. The third-order valence-corrected chi connectivity index (χ3v) is 3.04. The molecule has 0 aliphatic heterocycles. The first-order valence-corrected chi connectivity index (χ1v) is 7.04. The SMILES string of the molecule is C=Nc1c(/N=C\CCNc2ccc(C(N)=O)cc2)nc(N)[nH]c1=O. The number of carbonyl (C=O) groups excluding carboxylic acids is 1. The summed E-state index contributed by atoms with van der Waals surface area (Å²) in [4.78, 5) is 36.5. The Kier molecular flexibility index (Phi) is 5.40. The quantitative estimate of drug-likeness (QED) is 0.441.